The molecule has 25 heavy (non-hydrogen) atoms. The molecular formula is C20H36N4O. The van der Waals surface area contributed by atoms with Crippen LogP contribution in [0.3, 0.4) is 0 Å². The number of methoxy groups -OCH3 is 1. The molecule has 0 amide bonds. The molecular weight excluding hydrogens is 312 g/mol. The number of ether oxygens (including phenoxy) is 1. The molecule has 0 radical (unpaired) electrons. The van der Waals surface area contributed by atoms with Crippen LogP contribution in [0.15, 0.2) is 35.3 Å². The van der Waals surface area contributed by atoms with Crippen molar-refractivity contribution in [1.29, 1.82) is 0 Å². The van der Waals surface area contributed by atoms with E-state index < -0.39 is 0 Å². The standard InChI is InChI=1S/C20H36N4O/c1-7-24(8-2)18(14-17-12-10-9-11-13-17)15-22-19(21-5)23-16-20(3,4)25-6/h9-13,18H,7-8,14-16H2,1-6H3,(H2,21,22,23). The summed E-state index contributed by atoms with van der Waals surface area (Å²) in [6, 6.07) is 11.1. The maximum absolute atomic E-state index is 5.46. The number of rotatable bonds is 10. The molecule has 5 nitrogen and oxygen atoms in total. The molecule has 1 rings (SSSR count). The lowest BCUT2D eigenvalue weighted by Crippen LogP contribution is -2.50. The number of nitrogens with zero attached hydrogens (tertiary/aromatic N) is 2. The number of likely N-dealkylation sites (N-methyl/N-ethyl adjacent to an activating group) is 1. The van der Waals surface area contributed by atoms with Crippen molar-refractivity contribution in [2.45, 2.75) is 45.8 Å². The number of hydrogen-bond acceptors (Lipinski definition) is 3. The van der Waals surface area contributed by atoms with Gasteiger partial charge in [0.15, 0.2) is 5.96 Å². The van der Waals surface area contributed by atoms with Gasteiger partial charge in [0.05, 0.1) is 5.60 Å². The minimum absolute atomic E-state index is 0.222. The Morgan fingerprint density at radius 1 is 1.16 bits per heavy atom. The quantitative estimate of drug-likeness (QED) is 0.504. The van der Waals surface area contributed by atoms with E-state index in [4.69, 9.17) is 4.74 Å². The van der Waals surface area contributed by atoms with Gasteiger partial charge in [0, 0.05) is 33.3 Å². The van der Waals surface area contributed by atoms with Crippen molar-refractivity contribution in [3.05, 3.63) is 35.9 Å². The van der Waals surface area contributed by atoms with Crippen molar-refractivity contribution in [3.63, 3.8) is 0 Å². The maximum Gasteiger partial charge on any atom is 0.191 e. The second kappa shape index (κ2) is 11.1. The van der Waals surface area contributed by atoms with Gasteiger partial charge in [-0.3, -0.25) is 9.89 Å². The number of benzene rings is 1. The summed E-state index contributed by atoms with van der Waals surface area (Å²) in [6.07, 6.45) is 1.02. The summed E-state index contributed by atoms with van der Waals surface area (Å²) in [5.41, 5.74) is 1.14. The number of aliphatic imine (C=N–C) groups is 1. The van der Waals surface area contributed by atoms with Crippen LogP contribution in [-0.4, -0.2) is 62.8 Å². The lowest BCUT2D eigenvalue weighted by molar-refractivity contribution is 0.0268. The lowest BCUT2D eigenvalue weighted by Gasteiger charge is -2.31. The molecule has 0 bridgehead atoms. The summed E-state index contributed by atoms with van der Waals surface area (Å²) in [6.45, 7) is 12.2. The zero-order chi connectivity index (χ0) is 18.7. The molecule has 0 aliphatic carbocycles. The Labute approximate surface area is 153 Å². The Morgan fingerprint density at radius 2 is 1.80 bits per heavy atom. The monoisotopic (exact) mass is 348 g/mol. The third kappa shape index (κ3) is 7.88. The van der Waals surface area contributed by atoms with Crippen LogP contribution in [0.2, 0.25) is 0 Å². The van der Waals surface area contributed by atoms with Gasteiger partial charge >= 0.3 is 0 Å². The van der Waals surface area contributed by atoms with Crippen molar-refractivity contribution in [2.75, 3.05) is 40.3 Å². The molecule has 0 aliphatic heterocycles. The van der Waals surface area contributed by atoms with Gasteiger partial charge < -0.3 is 15.4 Å². The minimum atomic E-state index is -0.222. The Hall–Kier alpha value is -1.59. The van der Waals surface area contributed by atoms with Crippen molar-refractivity contribution >= 4 is 5.96 Å². The van der Waals surface area contributed by atoms with E-state index in [0.29, 0.717) is 12.6 Å². The average molecular weight is 349 g/mol. The molecule has 0 fully saturated rings. The predicted molar refractivity (Wildman–Crippen MR) is 107 cm³/mol. The van der Waals surface area contributed by atoms with Gasteiger partial charge in [0.1, 0.15) is 0 Å². The van der Waals surface area contributed by atoms with Gasteiger partial charge in [-0.2, -0.15) is 0 Å². The highest BCUT2D eigenvalue weighted by molar-refractivity contribution is 5.79. The Balaban J connectivity index is 2.67. The molecule has 0 saturated carbocycles. The lowest BCUT2D eigenvalue weighted by atomic mass is 10.0. The zero-order valence-corrected chi connectivity index (χ0v) is 16.8. The van der Waals surface area contributed by atoms with Crippen LogP contribution < -0.4 is 10.6 Å². The highest BCUT2D eigenvalue weighted by Gasteiger charge is 2.19. The summed E-state index contributed by atoms with van der Waals surface area (Å²) in [7, 11) is 3.53. The van der Waals surface area contributed by atoms with Gasteiger partial charge in [-0.1, -0.05) is 44.2 Å². The first kappa shape index (κ1) is 21.5. The van der Waals surface area contributed by atoms with Gasteiger partial charge in [0.25, 0.3) is 0 Å². The van der Waals surface area contributed by atoms with Crippen LogP contribution in [0.5, 0.6) is 0 Å². The van der Waals surface area contributed by atoms with Crippen molar-refractivity contribution in [2.24, 2.45) is 4.99 Å². The molecule has 5 heteroatoms. The summed E-state index contributed by atoms with van der Waals surface area (Å²) < 4.78 is 5.46. The number of nitrogens with one attached hydrogen (secondary N) is 2. The van der Waals surface area contributed by atoms with Crippen molar-refractivity contribution in [1.82, 2.24) is 15.5 Å². The Bertz CT molecular complexity index is 498. The fourth-order valence-corrected chi connectivity index (χ4v) is 2.76. The van der Waals surface area contributed by atoms with Gasteiger partial charge in [-0.15, -0.1) is 0 Å². The number of guanidine groups is 1. The molecule has 0 saturated heterocycles. The van der Waals surface area contributed by atoms with Crippen LogP contribution >= 0.6 is 0 Å². The molecule has 0 aromatic heterocycles. The molecule has 142 valence electrons. The normalized spacial score (nSPS) is 13.8. The molecule has 0 aliphatic rings. The van der Waals surface area contributed by atoms with E-state index >= 15 is 0 Å². The van der Waals surface area contributed by atoms with E-state index in [0.717, 1.165) is 32.0 Å². The topological polar surface area (TPSA) is 48.9 Å². The van der Waals surface area contributed by atoms with Crippen LogP contribution in [0.4, 0.5) is 0 Å². The second-order valence-electron chi connectivity index (χ2n) is 6.84. The van der Waals surface area contributed by atoms with Gasteiger partial charge in [-0.25, -0.2) is 0 Å². The van der Waals surface area contributed by atoms with E-state index in [9.17, 15) is 0 Å². The highest BCUT2D eigenvalue weighted by Crippen LogP contribution is 2.09. The van der Waals surface area contributed by atoms with Gasteiger partial charge in [0.2, 0.25) is 0 Å². The van der Waals surface area contributed by atoms with Crippen LogP contribution in [0.1, 0.15) is 33.3 Å². The van der Waals surface area contributed by atoms with E-state index in [1.165, 1.54) is 5.56 Å². The van der Waals surface area contributed by atoms with Gasteiger partial charge in [-0.05, 0) is 38.9 Å². The molecule has 1 aromatic carbocycles. The van der Waals surface area contributed by atoms with Crippen LogP contribution in [0, 0.1) is 0 Å². The molecule has 0 spiro atoms. The van der Waals surface area contributed by atoms with E-state index in [1.807, 2.05) is 0 Å². The maximum atomic E-state index is 5.46. The largest absolute Gasteiger partial charge is 0.377 e. The van der Waals surface area contributed by atoms with Crippen molar-refractivity contribution < 1.29 is 4.74 Å². The molecule has 1 unspecified atom stereocenters. The zero-order valence-electron chi connectivity index (χ0n) is 16.8. The molecule has 1 atom stereocenters. The van der Waals surface area contributed by atoms with E-state index in [1.54, 1.807) is 14.2 Å². The Kier molecular flexibility index (Phi) is 9.53. The summed E-state index contributed by atoms with van der Waals surface area (Å²) in [5, 5.41) is 6.83. The smallest absolute Gasteiger partial charge is 0.191 e. The second-order valence-corrected chi connectivity index (χ2v) is 6.84. The molecule has 2 N–H and O–H groups in total. The minimum Gasteiger partial charge on any atom is -0.377 e. The van der Waals surface area contributed by atoms with E-state index in [-0.39, 0.29) is 5.60 Å². The SMILES string of the molecule is CCN(CC)C(CNC(=NC)NCC(C)(C)OC)Cc1ccccc1. The number of hydrogen-bond donors (Lipinski definition) is 2. The highest BCUT2D eigenvalue weighted by atomic mass is 16.5. The predicted octanol–water partition coefficient (Wildman–Crippen LogP) is 2.53. The third-order valence-electron chi connectivity index (χ3n) is 4.61. The fraction of sp³-hybridized carbons (Fsp3) is 0.650. The van der Waals surface area contributed by atoms with Crippen LogP contribution in [-0.2, 0) is 11.2 Å². The third-order valence-corrected chi connectivity index (χ3v) is 4.61. The first-order valence-electron chi connectivity index (χ1n) is 9.23. The fourth-order valence-electron chi connectivity index (χ4n) is 2.76. The van der Waals surface area contributed by atoms with Crippen molar-refractivity contribution in [3.8, 4) is 0 Å². The molecule has 1 aromatic rings. The first-order valence-corrected chi connectivity index (χ1v) is 9.23. The molecule has 0 heterocycles. The average Bonchev–Trinajstić information content (AvgIpc) is 2.63. The van der Waals surface area contributed by atoms with Crippen LogP contribution in [0.25, 0.3) is 0 Å². The first-order chi connectivity index (χ1) is 12.0. The Morgan fingerprint density at radius 3 is 2.32 bits per heavy atom. The van der Waals surface area contributed by atoms with E-state index in [2.05, 4.69) is 78.6 Å². The summed E-state index contributed by atoms with van der Waals surface area (Å²) in [4.78, 5) is 6.83. The summed E-state index contributed by atoms with van der Waals surface area (Å²) in [5.74, 6) is 0.815. The summed E-state index contributed by atoms with van der Waals surface area (Å²) >= 11 is 0.